The van der Waals surface area contributed by atoms with Gasteiger partial charge in [-0.2, -0.15) is 8.42 Å². The molecule has 2 saturated heterocycles. The van der Waals surface area contributed by atoms with Gasteiger partial charge in [-0.3, -0.25) is 9.59 Å². The average Bonchev–Trinajstić information content (AvgIpc) is 3.63. The van der Waals surface area contributed by atoms with Crippen molar-refractivity contribution in [2.24, 2.45) is 12.0 Å². The number of aliphatic imine (C=N–C) groups is 1. The number of anilines is 1. The van der Waals surface area contributed by atoms with Crippen LogP contribution in [0.2, 0.25) is 0 Å². The molecule has 0 aliphatic carbocycles. The molecule has 2 fully saturated rings. The van der Waals surface area contributed by atoms with Crippen LogP contribution in [-0.4, -0.2) is 77.8 Å². The number of aryl methyl sites for hydroxylation is 2. The van der Waals surface area contributed by atoms with Gasteiger partial charge in [0.05, 0.1) is 12.9 Å². The summed E-state index contributed by atoms with van der Waals surface area (Å²) in [6.45, 7) is 3.74. The smallest absolute Gasteiger partial charge is 0.283 e. The van der Waals surface area contributed by atoms with Crippen LogP contribution in [0.15, 0.2) is 51.2 Å². The lowest BCUT2D eigenvalue weighted by Crippen LogP contribution is -2.45. The maximum atomic E-state index is 13.5. The van der Waals surface area contributed by atoms with Crippen LogP contribution < -0.4 is 10.0 Å². The van der Waals surface area contributed by atoms with Gasteiger partial charge in [-0.05, 0) is 63.3 Å². The summed E-state index contributed by atoms with van der Waals surface area (Å²) in [6, 6.07) is 6.35. The summed E-state index contributed by atoms with van der Waals surface area (Å²) in [7, 11) is -2.43. The van der Waals surface area contributed by atoms with E-state index in [2.05, 4.69) is 20.0 Å². The maximum absolute atomic E-state index is 13.5. The van der Waals surface area contributed by atoms with Crippen molar-refractivity contribution < 1.29 is 22.4 Å². The van der Waals surface area contributed by atoms with E-state index < -0.39 is 16.1 Å². The largest absolute Gasteiger partial charge is 0.461 e. The summed E-state index contributed by atoms with van der Waals surface area (Å²) in [5.74, 6) is 0.284. The zero-order valence-corrected chi connectivity index (χ0v) is 22.9. The number of likely N-dealkylation sites (tertiary alicyclic amines) is 2. The van der Waals surface area contributed by atoms with Crippen molar-refractivity contribution in [3.63, 3.8) is 0 Å². The van der Waals surface area contributed by atoms with Gasteiger partial charge in [0.2, 0.25) is 17.8 Å². The van der Waals surface area contributed by atoms with Crippen molar-refractivity contribution in [3.8, 4) is 0 Å². The number of nitrogens with zero attached hydrogens (tertiary/aromatic N) is 5. The number of fused-ring (bicyclic) bond motifs is 1. The first-order chi connectivity index (χ1) is 18.7. The molecule has 0 saturated carbocycles. The van der Waals surface area contributed by atoms with Gasteiger partial charge in [-0.25, -0.2) is 14.7 Å². The van der Waals surface area contributed by atoms with Crippen LogP contribution >= 0.6 is 0 Å². The van der Waals surface area contributed by atoms with E-state index in [0.29, 0.717) is 37.3 Å². The first-order valence-corrected chi connectivity index (χ1v) is 14.6. The Bertz CT molecular complexity index is 1500. The average molecular weight is 556 g/mol. The summed E-state index contributed by atoms with van der Waals surface area (Å²) in [4.78, 5) is 38.1. The molecule has 2 amide bonds. The first-order valence-electron chi connectivity index (χ1n) is 13.1. The molecule has 2 aliphatic rings. The van der Waals surface area contributed by atoms with Crippen molar-refractivity contribution in [3.05, 3.63) is 42.5 Å². The molecule has 2 aromatic heterocycles. The number of imidazole rings is 1. The number of carbonyl (C=O) groups excluding carboxylic acids is 2. The number of nitrogens with one attached hydrogen (secondary N) is 2. The van der Waals surface area contributed by atoms with Gasteiger partial charge in [0.25, 0.3) is 10.0 Å². The number of hydrogen-bond acceptors (Lipinski definition) is 7. The van der Waals surface area contributed by atoms with Crippen LogP contribution in [0.5, 0.6) is 0 Å². The Morgan fingerprint density at radius 2 is 1.92 bits per heavy atom. The van der Waals surface area contributed by atoms with Crippen LogP contribution in [0.1, 0.15) is 37.9 Å². The molecule has 1 atom stereocenters. The summed E-state index contributed by atoms with van der Waals surface area (Å²) in [5.41, 5.74) is 1.26. The quantitative estimate of drug-likeness (QED) is 0.351. The predicted octanol–water partition coefficient (Wildman–Crippen LogP) is 2.22. The molecule has 12 nitrogen and oxygen atoms in total. The number of guanidine groups is 1. The summed E-state index contributed by atoms with van der Waals surface area (Å²) >= 11 is 0. The fourth-order valence-corrected chi connectivity index (χ4v) is 5.88. The van der Waals surface area contributed by atoms with Crippen LogP contribution in [0.3, 0.4) is 0 Å². The monoisotopic (exact) mass is 555 g/mol. The molecule has 208 valence electrons. The van der Waals surface area contributed by atoms with Crippen molar-refractivity contribution >= 4 is 44.5 Å². The first kappa shape index (κ1) is 26.7. The molecule has 3 aromatic rings. The number of hydrogen-bond donors (Lipinski definition) is 2. The maximum Gasteiger partial charge on any atom is 0.283 e. The van der Waals surface area contributed by atoms with Gasteiger partial charge in [-0.1, -0.05) is 0 Å². The Labute approximate surface area is 227 Å². The molecule has 2 N–H and O–H groups in total. The normalized spacial score (nSPS) is 19.0. The fourth-order valence-electron chi connectivity index (χ4n) is 4.93. The van der Waals surface area contributed by atoms with Crippen molar-refractivity contribution in [2.75, 3.05) is 31.5 Å². The number of rotatable bonds is 6. The second kappa shape index (κ2) is 11.1. The van der Waals surface area contributed by atoms with Gasteiger partial charge in [-0.15, -0.1) is 0 Å². The SMILES string of the molecule is Cc1cc2cc(NC(=N[C@H]3CCCCN(CC(=O)N4CCCC4)C3=O)NS(=O)(=O)c3cn(C)cn3)ccc2o1. The topological polar surface area (TPSA) is 142 Å². The van der Waals surface area contributed by atoms with Crippen LogP contribution in [0.4, 0.5) is 5.69 Å². The molecule has 13 heteroatoms. The third kappa shape index (κ3) is 6.24. The molecule has 2 aliphatic heterocycles. The van der Waals surface area contributed by atoms with E-state index in [1.54, 1.807) is 29.0 Å². The molecule has 1 aromatic carbocycles. The number of aromatic nitrogens is 2. The number of sulfonamides is 1. The Balaban J connectivity index is 1.42. The minimum absolute atomic E-state index is 0.00376. The minimum atomic E-state index is -4.10. The van der Waals surface area contributed by atoms with E-state index in [1.807, 2.05) is 19.1 Å². The molecular weight excluding hydrogens is 522 g/mol. The van der Waals surface area contributed by atoms with E-state index in [1.165, 1.54) is 17.1 Å². The number of amides is 2. The molecule has 0 bridgehead atoms. The van der Waals surface area contributed by atoms with E-state index in [4.69, 9.17) is 4.42 Å². The van der Waals surface area contributed by atoms with Crippen molar-refractivity contribution in [2.45, 2.75) is 50.1 Å². The van der Waals surface area contributed by atoms with E-state index >= 15 is 0 Å². The zero-order chi connectivity index (χ0) is 27.6. The highest BCUT2D eigenvalue weighted by Crippen LogP contribution is 2.23. The number of carbonyl (C=O) groups is 2. The second-order valence-corrected chi connectivity index (χ2v) is 11.7. The van der Waals surface area contributed by atoms with E-state index in [9.17, 15) is 18.0 Å². The van der Waals surface area contributed by atoms with E-state index in [-0.39, 0.29) is 29.3 Å². The summed E-state index contributed by atoms with van der Waals surface area (Å²) < 4.78 is 35.9. The Morgan fingerprint density at radius 1 is 1.15 bits per heavy atom. The fraction of sp³-hybridized carbons (Fsp3) is 0.462. The van der Waals surface area contributed by atoms with Crippen LogP contribution in [0, 0.1) is 6.92 Å². The predicted molar refractivity (Wildman–Crippen MR) is 146 cm³/mol. The lowest BCUT2D eigenvalue weighted by Gasteiger charge is -2.25. The third-order valence-electron chi connectivity index (χ3n) is 6.91. The highest BCUT2D eigenvalue weighted by molar-refractivity contribution is 7.90. The zero-order valence-electron chi connectivity index (χ0n) is 22.1. The Kier molecular flexibility index (Phi) is 7.60. The van der Waals surface area contributed by atoms with Gasteiger partial charge in [0, 0.05) is 44.0 Å². The Morgan fingerprint density at radius 3 is 2.67 bits per heavy atom. The summed E-state index contributed by atoms with van der Waals surface area (Å²) in [5, 5.41) is 3.70. The molecule has 0 radical (unpaired) electrons. The van der Waals surface area contributed by atoms with Gasteiger partial charge in [0.1, 0.15) is 17.4 Å². The molecule has 5 rings (SSSR count). The molecule has 0 unspecified atom stereocenters. The van der Waals surface area contributed by atoms with Crippen LogP contribution in [0.25, 0.3) is 11.0 Å². The Hall–Kier alpha value is -3.87. The molecular formula is C26H33N7O5S. The highest BCUT2D eigenvalue weighted by atomic mass is 32.2. The lowest BCUT2D eigenvalue weighted by molar-refractivity contribution is -0.140. The van der Waals surface area contributed by atoms with Crippen LogP contribution in [-0.2, 0) is 26.7 Å². The van der Waals surface area contributed by atoms with E-state index in [0.717, 1.165) is 36.8 Å². The second-order valence-electron chi connectivity index (χ2n) is 10.1. The lowest BCUT2D eigenvalue weighted by atomic mass is 10.1. The molecule has 39 heavy (non-hydrogen) atoms. The standard InChI is InChI=1S/C26H33N7O5S/c1-18-13-19-14-20(8-9-22(19)38-18)28-26(30-39(36,37)23-15-31(2)17-27-23)29-21-7-3-4-12-33(25(21)35)16-24(34)32-10-5-6-11-32/h8-9,13-15,17,21H,3-7,10-12,16H2,1-2H3,(H2,28,29,30)/t21-/m0/s1. The molecule has 4 heterocycles. The third-order valence-corrected chi connectivity index (χ3v) is 8.14. The number of benzene rings is 1. The van der Waals surface area contributed by atoms with Gasteiger partial charge >= 0.3 is 0 Å². The summed E-state index contributed by atoms with van der Waals surface area (Å²) in [6.07, 6.45) is 6.60. The molecule has 0 spiro atoms. The van der Waals surface area contributed by atoms with Crippen molar-refractivity contribution in [1.29, 1.82) is 0 Å². The van der Waals surface area contributed by atoms with Gasteiger partial charge in [0.15, 0.2) is 5.03 Å². The number of furan rings is 1. The van der Waals surface area contributed by atoms with Gasteiger partial charge < -0.3 is 24.1 Å². The minimum Gasteiger partial charge on any atom is -0.461 e. The van der Waals surface area contributed by atoms with Crippen molar-refractivity contribution in [1.82, 2.24) is 24.1 Å². The highest BCUT2D eigenvalue weighted by Gasteiger charge is 2.31.